The van der Waals surface area contributed by atoms with E-state index in [4.69, 9.17) is 0 Å². The third-order valence-corrected chi connectivity index (χ3v) is 0.287. The standard InChI is InChI=1S/C3H6O2.Pb/c1-3(4)5-2;/h1-2H3;. The van der Waals surface area contributed by atoms with Crippen molar-refractivity contribution in [1.29, 1.82) is 0 Å². The van der Waals surface area contributed by atoms with E-state index in [1.165, 1.54) is 14.0 Å². The van der Waals surface area contributed by atoms with Gasteiger partial charge in [-0.3, -0.25) is 4.79 Å². The Balaban J connectivity index is 0. The summed E-state index contributed by atoms with van der Waals surface area (Å²) >= 11 is 0. The number of carbonyl (C=O) groups excluding carboxylic acids is 1. The molecule has 0 spiro atoms. The zero-order valence-corrected chi connectivity index (χ0v) is 7.70. The molecular weight excluding hydrogens is 275 g/mol. The Morgan fingerprint density at radius 1 is 1.67 bits per heavy atom. The van der Waals surface area contributed by atoms with E-state index in [2.05, 4.69) is 4.74 Å². The summed E-state index contributed by atoms with van der Waals surface area (Å²) in [5, 5.41) is 0. The molecule has 0 fully saturated rings. The molecule has 34 valence electrons. The van der Waals surface area contributed by atoms with Crippen LogP contribution in [0, 0.1) is 0 Å². The van der Waals surface area contributed by atoms with Crippen LogP contribution in [0.2, 0.25) is 0 Å². The molecule has 0 heterocycles. The van der Waals surface area contributed by atoms with Crippen LogP contribution in [0.1, 0.15) is 6.92 Å². The van der Waals surface area contributed by atoms with Crippen LogP contribution in [0.15, 0.2) is 0 Å². The van der Waals surface area contributed by atoms with Crippen molar-refractivity contribution >= 4 is 33.3 Å². The van der Waals surface area contributed by atoms with Crippen LogP contribution in [0.25, 0.3) is 0 Å². The van der Waals surface area contributed by atoms with Gasteiger partial charge in [-0.1, -0.05) is 0 Å². The second kappa shape index (κ2) is 5.39. The Morgan fingerprint density at radius 3 is 1.83 bits per heavy atom. The van der Waals surface area contributed by atoms with E-state index in [1.54, 1.807) is 0 Å². The third-order valence-electron chi connectivity index (χ3n) is 0.287. The van der Waals surface area contributed by atoms with Crippen LogP contribution in [-0.4, -0.2) is 40.4 Å². The SMILES string of the molecule is COC(C)=O.[Pb]. The molecule has 0 aromatic heterocycles. The molecule has 3 heteroatoms. The van der Waals surface area contributed by atoms with E-state index in [1.807, 2.05) is 0 Å². The normalized spacial score (nSPS) is 5.67. The van der Waals surface area contributed by atoms with Gasteiger partial charge < -0.3 is 4.74 Å². The molecule has 0 aliphatic heterocycles. The average molecular weight is 281 g/mol. The number of methoxy groups -OCH3 is 1. The molecule has 0 aromatic rings. The fourth-order valence-corrected chi connectivity index (χ4v) is 0. The van der Waals surface area contributed by atoms with Crippen LogP contribution in [0.3, 0.4) is 0 Å². The molecule has 0 bridgehead atoms. The van der Waals surface area contributed by atoms with Crippen molar-refractivity contribution in [1.82, 2.24) is 0 Å². The summed E-state index contributed by atoms with van der Waals surface area (Å²) in [5.41, 5.74) is 0. The molecule has 2 nitrogen and oxygen atoms in total. The summed E-state index contributed by atoms with van der Waals surface area (Å²) in [7, 11) is 1.35. The topological polar surface area (TPSA) is 26.3 Å². The first kappa shape index (κ1) is 9.63. The summed E-state index contributed by atoms with van der Waals surface area (Å²) in [6.45, 7) is 1.36. The van der Waals surface area contributed by atoms with E-state index in [-0.39, 0.29) is 33.3 Å². The van der Waals surface area contributed by atoms with Crippen LogP contribution in [-0.2, 0) is 9.53 Å². The van der Waals surface area contributed by atoms with Crippen molar-refractivity contribution in [3.8, 4) is 0 Å². The molecule has 0 amide bonds. The Hall–Kier alpha value is 0.392. The fraction of sp³-hybridized carbons (Fsp3) is 0.667. The summed E-state index contributed by atoms with van der Waals surface area (Å²) in [5.74, 6) is -0.245. The molecule has 0 unspecified atom stereocenters. The Bertz CT molecular complexity index is 44.1. The van der Waals surface area contributed by atoms with E-state index >= 15 is 0 Å². The van der Waals surface area contributed by atoms with Gasteiger partial charge in [-0.2, -0.15) is 0 Å². The fourth-order valence-electron chi connectivity index (χ4n) is 0. The minimum Gasteiger partial charge on any atom is -0.469 e. The maximum Gasteiger partial charge on any atom is 0.302 e. The van der Waals surface area contributed by atoms with E-state index in [0.717, 1.165) is 0 Å². The van der Waals surface area contributed by atoms with Gasteiger partial charge in [0, 0.05) is 34.2 Å². The summed E-state index contributed by atoms with van der Waals surface area (Å²) < 4.78 is 4.11. The monoisotopic (exact) mass is 282 g/mol. The summed E-state index contributed by atoms with van der Waals surface area (Å²) in [6.07, 6.45) is 0. The van der Waals surface area contributed by atoms with Crippen LogP contribution in [0.4, 0.5) is 0 Å². The maximum atomic E-state index is 9.59. The van der Waals surface area contributed by atoms with E-state index < -0.39 is 0 Å². The largest absolute Gasteiger partial charge is 0.469 e. The van der Waals surface area contributed by atoms with Gasteiger partial charge in [0.15, 0.2) is 0 Å². The predicted octanol–water partition coefficient (Wildman–Crippen LogP) is -0.202. The minimum atomic E-state index is -0.245. The molecule has 0 aliphatic rings. The molecule has 4 radical (unpaired) electrons. The van der Waals surface area contributed by atoms with Crippen LogP contribution >= 0.6 is 0 Å². The smallest absolute Gasteiger partial charge is 0.302 e. The van der Waals surface area contributed by atoms with Gasteiger partial charge in [-0.25, -0.2) is 0 Å². The third kappa shape index (κ3) is 8.83. The van der Waals surface area contributed by atoms with Gasteiger partial charge in [0.25, 0.3) is 0 Å². The van der Waals surface area contributed by atoms with Gasteiger partial charge in [-0.05, 0) is 0 Å². The van der Waals surface area contributed by atoms with E-state index in [0.29, 0.717) is 0 Å². The summed E-state index contributed by atoms with van der Waals surface area (Å²) in [4.78, 5) is 9.59. The van der Waals surface area contributed by atoms with Crippen molar-refractivity contribution in [2.45, 2.75) is 6.92 Å². The molecular formula is C3H6O2Pb. The number of hydrogen-bond donors (Lipinski definition) is 0. The first-order chi connectivity index (χ1) is 2.27. The second-order valence-electron chi connectivity index (χ2n) is 0.696. The van der Waals surface area contributed by atoms with E-state index in [9.17, 15) is 4.79 Å². The van der Waals surface area contributed by atoms with Crippen LogP contribution in [0.5, 0.6) is 0 Å². The van der Waals surface area contributed by atoms with Gasteiger partial charge in [0.2, 0.25) is 0 Å². The second-order valence-corrected chi connectivity index (χ2v) is 0.696. The summed E-state index contributed by atoms with van der Waals surface area (Å²) in [6, 6.07) is 0. The number of ether oxygens (including phenoxy) is 1. The molecule has 0 N–H and O–H groups in total. The van der Waals surface area contributed by atoms with Gasteiger partial charge in [0.1, 0.15) is 0 Å². The van der Waals surface area contributed by atoms with Gasteiger partial charge in [0.05, 0.1) is 7.11 Å². The molecule has 0 saturated carbocycles. The Kier molecular flexibility index (Phi) is 8.66. The van der Waals surface area contributed by atoms with Gasteiger partial charge in [-0.15, -0.1) is 0 Å². The molecule has 0 atom stereocenters. The van der Waals surface area contributed by atoms with Gasteiger partial charge >= 0.3 is 5.97 Å². The zero-order valence-electron chi connectivity index (χ0n) is 3.82. The van der Waals surface area contributed by atoms with Crippen molar-refractivity contribution in [3.05, 3.63) is 0 Å². The minimum absolute atomic E-state index is 0. The first-order valence-electron chi connectivity index (χ1n) is 1.32. The molecule has 0 saturated heterocycles. The number of esters is 1. The number of carbonyl (C=O) groups is 1. The zero-order chi connectivity index (χ0) is 4.28. The molecule has 0 aromatic carbocycles. The van der Waals surface area contributed by atoms with Crippen LogP contribution < -0.4 is 0 Å². The number of rotatable bonds is 0. The molecule has 0 aliphatic carbocycles. The quantitative estimate of drug-likeness (QED) is 0.454. The molecule has 6 heavy (non-hydrogen) atoms. The Morgan fingerprint density at radius 2 is 1.83 bits per heavy atom. The molecule has 0 rings (SSSR count). The Labute approximate surface area is 57.0 Å². The van der Waals surface area contributed by atoms with Crippen molar-refractivity contribution in [2.75, 3.05) is 7.11 Å². The van der Waals surface area contributed by atoms with Crippen molar-refractivity contribution in [2.24, 2.45) is 0 Å². The average Bonchev–Trinajstić information content (AvgIpc) is 1.38. The predicted molar refractivity (Wildman–Crippen MR) is 23.4 cm³/mol. The van der Waals surface area contributed by atoms with Crippen molar-refractivity contribution < 1.29 is 9.53 Å². The number of hydrogen-bond acceptors (Lipinski definition) is 2. The maximum absolute atomic E-state index is 9.59. The van der Waals surface area contributed by atoms with Crippen molar-refractivity contribution in [3.63, 3.8) is 0 Å². The first-order valence-corrected chi connectivity index (χ1v) is 1.32.